The van der Waals surface area contributed by atoms with Crippen molar-refractivity contribution in [3.63, 3.8) is 0 Å². The van der Waals surface area contributed by atoms with Crippen LogP contribution in [0.25, 0.3) is 0 Å². The van der Waals surface area contributed by atoms with Gasteiger partial charge in [-0.05, 0) is 23.6 Å². The third-order valence-corrected chi connectivity index (χ3v) is 2.79. The van der Waals surface area contributed by atoms with Crippen LogP contribution in [-0.2, 0) is 17.6 Å². The minimum Gasteiger partial charge on any atom is -0.480 e. The second-order valence-electron chi connectivity index (χ2n) is 3.91. The number of fused-ring (bicyclic) bond motifs is 1. The number of carbonyl (C=O) groups is 1. The van der Waals surface area contributed by atoms with Crippen LogP contribution in [0.4, 0.5) is 0 Å². The van der Waals surface area contributed by atoms with Gasteiger partial charge in [-0.1, -0.05) is 0 Å². The van der Waals surface area contributed by atoms with E-state index in [0.717, 1.165) is 16.7 Å². The molecule has 1 aromatic rings. The topological polar surface area (TPSA) is 76.2 Å². The Labute approximate surface area is 81.8 Å². The number of aromatic nitrogens is 1. The molecule has 0 saturated heterocycles. The molecule has 0 spiro atoms. The first-order valence-electron chi connectivity index (χ1n) is 4.47. The summed E-state index contributed by atoms with van der Waals surface area (Å²) in [5.41, 5.74) is 7.70. The van der Waals surface area contributed by atoms with Gasteiger partial charge in [0.15, 0.2) is 0 Å². The number of carboxylic acids is 1. The highest BCUT2D eigenvalue weighted by Crippen LogP contribution is 2.29. The Hall–Kier alpha value is -1.42. The molecule has 0 aliphatic heterocycles. The summed E-state index contributed by atoms with van der Waals surface area (Å²) in [5.74, 6) is -0.937. The lowest BCUT2D eigenvalue weighted by Crippen LogP contribution is -2.48. The molecule has 0 aromatic carbocycles. The third-order valence-electron chi connectivity index (χ3n) is 2.79. The van der Waals surface area contributed by atoms with E-state index in [1.54, 1.807) is 12.4 Å². The van der Waals surface area contributed by atoms with Gasteiger partial charge in [-0.25, -0.2) is 0 Å². The SMILES string of the molecule is Cc1cncc2c1CC(N)(C(=O)O)C2. The molecule has 14 heavy (non-hydrogen) atoms. The molecule has 1 atom stereocenters. The summed E-state index contributed by atoms with van der Waals surface area (Å²) in [6, 6.07) is 0. The molecule has 1 unspecified atom stereocenters. The number of pyridine rings is 1. The molecule has 2 rings (SSSR count). The van der Waals surface area contributed by atoms with Gasteiger partial charge in [0.25, 0.3) is 0 Å². The van der Waals surface area contributed by atoms with Gasteiger partial charge in [-0.15, -0.1) is 0 Å². The maximum Gasteiger partial charge on any atom is 0.324 e. The van der Waals surface area contributed by atoms with E-state index in [1.165, 1.54) is 0 Å². The molecule has 1 heterocycles. The van der Waals surface area contributed by atoms with Gasteiger partial charge in [-0.2, -0.15) is 0 Å². The molecular formula is C10H12N2O2. The second-order valence-corrected chi connectivity index (χ2v) is 3.91. The summed E-state index contributed by atoms with van der Waals surface area (Å²) in [6.07, 6.45) is 4.24. The highest BCUT2D eigenvalue weighted by molar-refractivity contribution is 5.81. The highest BCUT2D eigenvalue weighted by Gasteiger charge is 2.41. The summed E-state index contributed by atoms with van der Waals surface area (Å²) in [7, 11) is 0. The quantitative estimate of drug-likeness (QED) is 0.669. The Balaban J connectivity index is 2.44. The third kappa shape index (κ3) is 1.19. The van der Waals surface area contributed by atoms with Gasteiger partial charge in [0, 0.05) is 25.2 Å². The van der Waals surface area contributed by atoms with Crippen molar-refractivity contribution in [2.75, 3.05) is 0 Å². The fraction of sp³-hybridized carbons (Fsp3) is 0.400. The highest BCUT2D eigenvalue weighted by atomic mass is 16.4. The number of hydrogen-bond donors (Lipinski definition) is 2. The average molecular weight is 192 g/mol. The fourth-order valence-electron chi connectivity index (χ4n) is 1.92. The zero-order valence-corrected chi connectivity index (χ0v) is 7.95. The molecule has 0 bridgehead atoms. The molecular weight excluding hydrogens is 180 g/mol. The summed E-state index contributed by atoms with van der Waals surface area (Å²) in [4.78, 5) is 15.0. The standard InChI is InChI=1S/C10H12N2O2/c1-6-4-12-5-7-2-10(11,9(13)14)3-8(6)7/h4-5H,2-3,11H2,1H3,(H,13,14). The number of nitrogens with zero attached hydrogens (tertiary/aromatic N) is 1. The average Bonchev–Trinajstić information content (AvgIpc) is 2.45. The van der Waals surface area contributed by atoms with Crippen LogP contribution in [0.2, 0.25) is 0 Å². The summed E-state index contributed by atoms with van der Waals surface area (Å²) >= 11 is 0. The lowest BCUT2D eigenvalue weighted by Gasteiger charge is -2.16. The van der Waals surface area contributed by atoms with E-state index >= 15 is 0 Å². The Kier molecular flexibility index (Phi) is 1.82. The fourth-order valence-corrected chi connectivity index (χ4v) is 1.92. The predicted molar refractivity (Wildman–Crippen MR) is 50.9 cm³/mol. The minimum absolute atomic E-state index is 0.381. The van der Waals surface area contributed by atoms with Crippen molar-refractivity contribution in [2.45, 2.75) is 25.3 Å². The van der Waals surface area contributed by atoms with Crippen LogP contribution in [0.5, 0.6) is 0 Å². The lowest BCUT2D eigenvalue weighted by atomic mass is 9.97. The molecule has 1 aromatic heterocycles. The van der Waals surface area contributed by atoms with E-state index in [4.69, 9.17) is 10.8 Å². The molecule has 74 valence electrons. The second kappa shape index (κ2) is 2.78. The van der Waals surface area contributed by atoms with Crippen molar-refractivity contribution in [1.82, 2.24) is 4.98 Å². The monoisotopic (exact) mass is 192 g/mol. The first-order valence-corrected chi connectivity index (χ1v) is 4.47. The Morgan fingerprint density at radius 1 is 1.57 bits per heavy atom. The van der Waals surface area contributed by atoms with Gasteiger partial charge in [0.2, 0.25) is 0 Å². The van der Waals surface area contributed by atoms with Gasteiger partial charge >= 0.3 is 5.97 Å². The molecule has 0 radical (unpaired) electrons. The molecule has 4 nitrogen and oxygen atoms in total. The minimum atomic E-state index is -1.13. The van der Waals surface area contributed by atoms with Crippen LogP contribution < -0.4 is 5.73 Å². The van der Waals surface area contributed by atoms with Gasteiger partial charge in [-0.3, -0.25) is 9.78 Å². The number of rotatable bonds is 1. The van der Waals surface area contributed by atoms with Crippen LogP contribution in [0.15, 0.2) is 12.4 Å². The van der Waals surface area contributed by atoms with Gasteiger partial charge in [0.05, 0.1) is 0 Å². The van der Waals surface area contributed by atoms with Crippen LogP contribution in [0, 0.1) is 6.92 Å². The van der Waals surface area contributed by atoms with Crippen LogP contribution in [-0.4, -0.2) is 21.6 Å². The number of carboxylic acid groups (broad SMARTS) is 1. The molecule has 3 N–H and O–H groups in total. The molecule has 0 saturated carbocycles. The first kappa shape index (κ1) is 9.15. The largest absolute Gasteiger partial charge is 0.480 e. The summed E-state index contributed by atoms with van der Waals surface area (Å²) in [6.45, 7) is 1.93. The van der Waals surface area contributed by atoms with E-state index in [-0.39, 0.29) is 0 Å². The molecule has 1 aliphatic carbocycles. The summed E-state index contributed by atoms with van der Waals surface area (Å²) in [5, 5.41) is 8.99. The smallest absolute Gasteiger partial charge is 0.324 e. The van der Waals surface area contributed by atoms with Gasteiger partial charge in [0.1, 0.15) is 5.54 Å². The van der Waals surface area contributed by atoms with E-state index in [0.29, 0.717) is 12.8 Å². The van der Waals surface area contributed by atoms with Crippen molar-refractivity contribution in [3.8, 4) is 0 Å². The van der Waals surface area contributed by atoms with E-state index < -0.39 is 11.5 Å². The Bertz CT molecular complexity index is 403. The Morgan fingerprint density at radius 3 is 2.86 bits per heavy atom. The molecule has 0 amide bonds. The number of aryl methyl sites for hydroxylation is 1. The molecule has 0 fully saturated rings. The van der Waals surface area contributed by atoms with Crippen molar-refractivity contribution < 1.29 is 9.90 Å². The normalized spacial score (nSPS) is 24.7. The van der Waals surface area contributed by atoms with Crippen LogP contribution >= 0.6 is 0 Å². The first-order chi connectivity index (χ1) is 6.53. The maximum absolute atomic E-state index is 11.0. The van der Waals surface area contributed by atoms with Crippen molar-refractivity contribution in [3.05, 3.63) is 29.1 Å². The van der Waals surface area contributed by atoms with Crippen LogP contribution in [0.3, 0.4) is 0 Å². The van der Waals surface area contributed by atoms with Crippen molar-refractivity contribution in [1.29, 1.82) is 0 Å². The zero-order valence-electron chi connectivity index (χ0n) is 7.95. The number of hydrogen-bond acceptors (Lipinski definition) is 3. The van der Waals surface area contributed by atoms with E-state index in [2.05, 4.69) is 4.98 Å². The van der Waals surface area contributed by atoms with Gasteiger partial charge < -0.3 is 10.8 Å². The molecule has 1 aliphatic rings. The predicted octanol–water partition coefficient (Wildman–Crippen LogP) is 0.271. The number of aliphatic carboxylic acids is 1. The Morgan fingerprint density at radius 2 is 2.29 bits per heavy atom. The zero-order chi connectivity index (χ0) is 10.3. The maximum atomic E-state index is 11.0. The number of nitrogens with two attached hydrogens (primary N) is 1. The lowest BCUT2D eigenvalue weighted by molar-refractivity contribution is -0.142. The van der Waals surface area contributed by atoms with Crippen LogP contribution in [0.1, 0.15) is 16.7 Å². The van der Waals surface area contributed by atoms with Crippen molar-refractivity contribution in [2.24, 2.45) is 5.73 Å². The molecule has 4 heteroatoms. The van der Waals surface area contributed by atoms with E-state index in [9.17, 15) is 4.79 Å². The van der Waals surface area contributed by atoms with E-state index in [1.807, 2.05) is 6.92 Å². The summed E-state index contributed by atoms with van der Waals surface area (Å²) < 4.78 is 0. The van der Waals surface area contributed by atoms with Crippen molar-refractivity contribution >= 4 is 5.97 Å².